The van der Waals surface area contributed by atoms with E-state index in [0.29, 0.717) is 38.4 Å². The fourth-order valence-corrected chi connectivity index (χ4v) is 5.23. The number of amides is 1. The predicted octanol–water partition coefficient (Wildman–Crippen LogP) is 3.96. The maximum atomic E-state index is 12.7. The molecule has 2 atom stereocenters. The molecule has 0 bridgehead atoms. The van der Waals surface area contributed by atoms with Crippen molar-refractivity contribution < 1.29 is 14.3 Å². The van der Waals surface area contributed by atoms with Crippen LogP contribution in [0.2, 0.25) is 0 Å². The molecule has 2 saturated heterocycles. The topological polar surface area (TPSA) is 99.7 Å². The van der Waals surface area contributed by atoms with Crippen molar-refractivity contribution in [2.75, 3.05) is 49.2 Å². The van der Waals surface area contributed by atoms with Crippen molar-refractivity contribution >= 4 is 28.6 Å². The van der Waals surface area contributed by atoms with Gasteiger partial charge in [-0.05, 0) is 52.8 Å². The molecule has 1 aromatic carbocycles. The lowest BCUT2D eigenvalue weighted by molar-refractivity contribution is 0.0218. The van der Waals surface area contributed by atoms with Crippen LogP contribution in [-0.2, 0) is 9.47 Å². The first kappa shape index (κ1) is 25.8. The van der Waals surface area contributed by atoms with Crippen molar-refractivity contribution in [2.24, 2.45) is 0 Å². The molecule has 10 nitrogen and oxygen atoms in total. The molecule has 200 valence electrons. The summed E-state index contributed by atoms with van der Waals surface area (Å²) in [4.78, 5) is 28.6. The molecular formula is C28H35N7O3. The van der Waals surface area contributed by atoms with E-state index in [-0.39, 0.29) is 18.2 Å². The number of hydrogen-bond acceptors (Lipinski definition) is 8. The van der Waals surface area contributed by atoms with Crippen LogP contribution in [-0.4, -0.2) is 82.6 Å². The highest BCUT2D eigenvalue weighted by Crippen LogP contribution is 2.38. The first-order valence-corrected chi connectivity index (χ1v) is 13.1. The van der Waals surface area contributed by atoms with E-state index >= 15 is 0 Å². The second-order valence-electron chi connectivity index (χ2n) is 11.0. The number of nitriles is 1. The molecule has 2 fully saturated rings. The van der Waals surface area contributed by atoms with Gasteiger partial charge in [0.1, 0.15) is 17.7 Å². The minimum atomic E-state index is -0.536. The summed E-state index contributed by atoms with van der Waals surface area (Å²) >= 11 is 0. The van der Waals surface area contributed by atoms with Gasteiger partial charge in [-0.3, -0.25) is 4.57 Å². The summed E-state index contributed by atoms with van der Waals surface area (Å²) in [6, 6.07) is 9.98. The second-order valence-corrected chi connectivity index (χ2v) is 11.0. The molecule has 0 saturated carbocycles. The number of morpholine rings is 1. The SMILES string of the molecule is C[C@H]1COCCN1c1cn(-c2cccc(C#N)c2)c2ncnc(N3CCN(C(=O)OC(C)(C)C)C[C@@H]3C)c12. The van der Waals surface area contributed by atoms with Crippen LogP contribution in [0, 0.1) is 11.3 Å². The zero-order valence-electron chi connectivity index (χ0n) is 22.7. The molecule has 2 aliphatic heterocycles. The normalized spacial score (nSPS) is 20.5. The smallest absolute Gasteiger partial charge is 0.410 e. The number of aromatic nitrogens is 3. The van der Waals surface area contributed by atoms with E-state index in [0.717, 1.165) is 34.8 Å². The zero-order valence-corrected chi connectivity index (χ0v) is 22.7. The van der Waals surface area contributed by atoms with Crippen LogP contribution in [0.15, 0.2) is 36.8 Å². The number of piperazine rings is 1. The number of benzene rings is 1. The highest BCUT2D eigenvalue weighted by Gasteiger charge is 2.33. The Morgan fingerprint density at radius 3 is 2.66 bits per heavy atom. The second kappa shape index (κ2) is 10.1. The maximum Gasteiger partial charge on any atom is 0.410 e. The van der Waals surface area contributed by atoms with Gasteiger partial charge in [-0.25, -0.2) is 14.8 Å². The largest absolute Gasteiger partial charge is 0.444 e. The zero-order chi connectivity index (χ0) is 27.0. The number of ether oxygens (including phenoxy) is 2. The lowest BCUT2D eigenvalue weighted by atomic mass is 10.1. The number of anilines is 2. The van der Waals surface area contributed by atoms with Crippen LogP contribution in [0.3, 0.4) is 0 Å². The summed E-state index contributed by atoms with van der Waals surface area (Å²) in [6.07, 6.45) is 3.41. The van der Waals surface area contributed by atoms with Gasteiger partial charge in [0.15, 0.2) is 5.65 Å². The number of carbonyl (C=O) groups excluding carboxylic acids is 1. The monoisotopic (exact) mass is 517 g/mol. The molecule has 0 unspecified atom stereocenters. The fourth-order valence-electron chi connectivity index (χ4n) is 5.23. The standard InChI is InChI=1S/C28H35N7O3/c1-19-15-32(27(36)38-28(3,4)5)9-10-34(19)25-24-23(33-11-12-37-17-20(33)2)16-35(26(24)31-18-30-25)22-8-6-7-21(13-22)14-29/h6-8,13,16,18-20H,9-12,15,17H2,1-5H3/t19-,20-/m0/s1. The van der Waals surface area contributed by atoms with Gasteiger partial charge in [0.25, 0.3) is 0 Å². The molecule has 10 heteroatoms. The van der Waals surface area contributed by atoms with Crippen molar-refractivity contribution in [3.8, 4) is 11.8 Å². The van der Waals surface area contributed by atoms with Crippen LogP contribution >= 0.6 is 0 Å². The van der Waals surface area contributed by atoms with Crippen LogP contribution in [0.5, 0.6) is 0 Å². The van der Waals surface area contributed by atoms with E-state index < -0.39 is 5.60 Å². The van der Waals surface area contributed by atoms with Crippen molar-refractivity contribution in [3.05, 3.63) is 42.4 Å². The van der Waals surface area contributed by atoms with Crippen molar-refractivity contribution in [1.82, 2.24) is 19.4 Å². The number of nitrogens with zero attached hydrogens (tertiary/aromatic N) is 7. The molecule has 2 aromatic heterocycles. The quantitative estimate of drug-likeness (QED) is 0.515. The van der Waals surface area contributed by atoms with Crippen molar-refractivity contribution in [2.45, 2.75) is 52.3 Å². The Balaban J connectivity index is 1.57. The fraction of sp³-hybridized carbons (Fsp3) is 0.500. The van der Waals surface area contributed by atoms with E-state index in [2.05, 4.69) is 35.9 Å². The third-order valence-electron chi connectivity index (χ3n) is 7.02. The average molecular weight is 518 g/mol. The molecule has 4 heterocycles. The van der Waals surface area contributed by atoms with Gasteiger partial charge >= 0.3 is 6.09 Å². The number of hydrogen-bond donors (Lipinski definition) is 0. The molecule has 5 rings (SSSR count). The molecular weight excluding hydrogens is 482 g/mol. The van der Waals surface area contributed by atoms with Crippen LogP contribution in [0.4, 0.5) is 16.3 Å². The van der Waals surface area contributed by atoms with Gasteiger partial charge < -0.3 is 24.2 Å². The van der Waals surface area contributed by atoms with Gasteiger partial charge in [0.2, 0.25) is 0 Å². The van der Waals surface area contributed by atoms with Gasteiger partial charge in [-0.2, -0.15) is 5.26 Å². The van der Waals surface area contributed by atoms with E-state index in [9.17, 15) is 10.1 Å². The van der Waals surface area contributed by atoms with Crippen molar-refractivity contribution in [3.63, 3.8) is 0 Å². The van der Waals surface area contributed by atoms with E-state index in [1.807, 2.05) is 43.5 Å². The highest BCUT2D eigenvalue weighted by molar-refractivity contribution is 6.01. The Hall–Kier alpha value is -3.84. The summed E-state index contributed by atoms with van der Waals surface area (Å²) < 4.78 is 13.4. The Morgan fingerprint density at radius 2 is 1.95 bits per heavy atom. The maximum absolute atomic E-state index is 12.7. The molecule has 3 aromatic rings. The third-order valence-corrected chi connectivity index (χ3v) is 7.02. The minimum Gasteiger partial charge on any atom is -0.444 e. The Bertz CT molecular complexity index is 1370. The van der Waals surface area contributed by atoms with Gasteiger partial charge in [-0.15, -0.1) is 0 Å². The molecule has 0 aliphatic carbocycles. The lowest BCUT2D eigenvalue weighted by Gasteiger charge is -2.41. The van der Waals surface area contributed by atoms with Gasteiger partial charge in [-0.1, -0.05) is 6.07 Å². The molecule has 0 spiro atoms. The number of rotatable bonds is 3. The first-order valence-electron chi connectivity index (χ1n) is 13.1. The van der Waals surface area contributed by atoms with Gasteiger partial charge in [0.05, 0.1) is 35.9 Å². The molecule has 38 heavy (non-hydrogen) atoms. The predicted molar refractivity (Wildman–Crippen MR) is 146 cm³/mol. The lowest BCUT2D eigenvalue weighted by Crippen LogP contribution is -2.55. The molecule has 0 radical (unpaired) electrons. The van der Waals surface area contributed by atoms with Crippen LogP contribution < -0.4 is 9.80 Å². The van der Waals surface area contributed by atoms with Crippen LogP contribution in [0.25, 0.3) is 16.7 Å². The van der Waals surface area contributed by atoms with E-state index in [1.54, 1.807) is 17.3 Å². The summed E-state index contributed by atoms with van der Waals surface area (Å²) in [5, 5.41) is 10.4. The first-order chi connectivity index (χ1) is 18.2. The summed E-state index contributed by atoms with van der Waals surface area (Å²) in [5.41, 5.74) is 2.74. The minimum absolute atomic E-state index is 0.0228. The summed E-state index contributed by atoms with van der Waals surface area (Å²) in [7, 11) is 0. The molecule has 0 N–H and O–H groups in total. The number of fused-ring (bicyclic) bond motifs is 1. The number of carbonyl (C=O) groups is 1. The summed E-state index contributed by atoms with van der Waals surface area (Å²) in [5.74, 6) is 0.843. The van der Waals surface area contributed by atoms with E-state index in [4.69, 9.17) is 19.4 Å². The van der Waals surface area contributed by atoms with Gasteiger partial charge in [0, 0.05) is 50.1 Å². The highest BCUT2D eigenvalue weighted by atomic mass is 16.6. The van der Waals surface area contributed by atoms with Crippen LogP contribution in [0.1, 0.15) is 40.2 Å². The third kappa shape index (κ3) is 4.98. The molecule has 2 aliphatic rings. The Morgan fingerprint density at radius 1 is 1.13 bits per heavy atom. The van der Waals surface area contributed by atoms with E-state index in [1.165, 1.54) is 0 Å². The Labute approximate surface area is 223 Å². The molecule has 1 amide bonds. The average Bonchev–Trinajstić information content (AvgIpc) is 3.28. The summed E-state index contributed by atoms with van der Waals surface area (Å²) in [6.45, 7) is 13.7. The van der Waals surface area contributed by atoms with Crippen molar-refractivity contribution in [1.29, 1.82) is 5.26 Å². The Kier molecular flexibility index (Phi) is 6.88.